The van der Waals surface area contributed by atoms with Crippen LogP contribution in [0.3, 0.4) is 0 Å². The summed E-state index contributed by atoms with van der Waals surface area (Å²) < 4.78 is 41.3. The van der Waals surface area contributed by atoms with E-state index in [9.17, 15) is 23.4 Å². The van der Waals surface area contributed by atoms with E-state index < -0.39 is 23.6 Å². The number of aliphatic hydroxyl groups excluding tert-OH is 1. The lowest BCUT2D eigenvalue weighted by molar-refractivity contribution is -0.139. The zero-order chi connectivity index (χ0) is 20.5. The fourth-order valence-electron chi connectivity index (χ4n) is 5.41. The van der Waals surface area contributed by atoms with Crippen LogP contribution in [0.2, 0.25) is 0 Å². The van der Waals surface area contributed by atoms with E-state index in [-0.39, 0.29) is 23.5 Å². The number of halogens is 3. The molecule has 3 rings (SSSR count). The summed E-state index contributed by atoms with van der Waals surface area (Å²) in [5, 5.41) is 20.3. The smallest absolute Gasteiger partial charge is 0.420 e. The molecule has 2 nitrogen and oxygen atoms in total. The van der Waals surface area contributed by atoms with Crippen molar-refractivity contribution in [2.24, 2.45) is 17.8 Å². The second kappa shape index (κ2) is 8.64. The lowest BCUT2D eigenvalue weighted by Gasteiger charge is -2.38. The molecule has 2 saturated carbocycles. The van der Waals surface area contributed by atoms with Crippen LogP contribution in [0, 0.1) is 17.8 Å². The zero-order valence-corrected chi connectivity index (χ0v) is 16.9. The van der Waals surface area contributed by atoms with Gasteiger partial charge in [0.1, 0.15) is 11.3 Å². The van der Waals surface area contributed by atoms with Crippen LogP contribution < -0.4 is 0 Å². The quantitative estimate of drug-likeness (QED) is 0.576. The number of aliphatic hydroxyl groups is 1. The van der Waals surface area contributed by atoms with E-state index in [4.69, 9.17) is 0 Å². The Bertz CT molecular complexity index is 655. The first-order valence-electron chi connectivity index (χ1n) is 10.8. The fraction of sp³-hybridized carbons (Fsp3) is 0.739. The van der Waals surface area contributed by atoms with E-state index >= 15 is 0 Å². The molecule has 1 unspecified atom stereocenters. The molecule has 2 aliphatic rings. The molecule has 0 spiro atoms. The molecule has 158 valence electrons. The van der Waals surface area contributed by atoms with E-state index in [0.717, 1.165) is 37.5 Å². The molecule has 1 atom stereocenters. The fourth-order valence-corrected chi connectivity index (χ4v) is 5.41. The number of aromatic hydroxyl groups is 1. The Morgan fingerprint density at radius 3 is 2.00 bits per heavy atom. The molecule has 1 aromatic carbocycles. The second-order valence-electron chi connectivity index (χ2n) is 9.02. The van der Waals surface area contributed by atoms with Crippen molar-refractivity contribution in [2.75, 3.05) is 0 Å². The van der Waals surface area contributed by atoms with Gasteiger partial charge in [0.05, 0.1) is 6.10 Å². The summed E-state index contributed by atoms with van der Waals surface area (Å²) in [6.07, 6.45) is 3.05. The number of phenolic OH excluding ortho intramolecular Hbond substituents is 1. The highest BCUT2D eigenvalue weighted by Crippen LogP contribution is 2.49. The number of benzene rings is 1. The van der Waals surface area contributed by atoms with Crippen LogP contribution in [-0.2, 0) is 6.18 Å². The molecule has 28 heavy (non-hydrogen) atoms. The molecule has 2 N–H and O–H groups in total. The van der Waals surface area contributed by atoms with Gasteiger partial charge < -0.3 is 10.2 Å². The Hall–Kier alpha value is -1.23. The van der Waals surface area contributed by atoms with Crippen molar-refractivity contribution >= 4 is 0 Å². The van der Waals surface area contributed by atoms with Gasteiger partial charge in [-0.3, -0.25) is 0 Å². The molecule has 2 fully saturated rings. The maximum absolute atomic E-state index is 13.8. The highest BCUT2D eigenvalue weighted by atomic mass is 19.4. The Balaban J connectivity index is 1.78. The number of hydrogen-bond donors (Lipinski definition) is 2. The van der Waals surface area contributed by atoms with Crippen molar-refractivity contribution in [3.63, 3.8) is 0 Å². The third-order valence-corrected chi connectivity index (χ3v) is 7.21. The summed E-state index contributed by atoms with van der Waals surface area (Å²) in [6, 6.07) is 2.97. The van der Waals surface area contributed by atoms with Crippen molar-refractivity contribution < 1.29 is 23.4 Å². The van der Waals surface area contributed by atoms with Crippen molar-refractivity contribution in [3.05, 3.63) is 28.8 Å². The van der Waals surface area contributed by atoms with Gasteiger partial charge >= 0.3 is 6.18 Å². The van der Waals surface area contributed by atoms with Gasteiger partial charge in [-0.2, -0.15) is 13.2 Å². The number of rotatable bonds is 4. The SMILES string of the molecule is CCC(O)c1ccc(C2CCC(C3CCC(C)CC3)CC2)c(C(F)(F)F)c1O. The van der Waals surface area contributed by atoms with Crippen LogP contribution in [0.4, 0.5) is 13.2 Å². The third-order valence-electron chi connectivity index (χ3n) is 7.21. The van der Waals surface area contributed by atoms with Crippen molar-refractivity contribution in [3.8, 4) is 5.75 Å². The van der Waals surface area contributed by atoms with Crippen molar-refractivity contribution in [2.45, 2.75) is 89.8 Å². The Kier molecular flexibility index (Phi) is 6.63. The molecular weight excluding hydrogens is 365 g/mol. The lowest BCUT2D eigenvalue weighted by Crippen LogP contribution is -2.25. The Labute approximate surface area is 166 Å². The van der Waals surface area contributed by atoms with Crippen LogP contribution in [0.1, 0.15) is 100 Å². The highest BCUT2D eigenvalue weighted by Gasteiger charge is 2.41. The van der Waals surface area contributed by atoms with Crippen LogP contribution in [-0.4, -0.2) is 10.2 Å². The number of phenols is 1. The van der Waals surface area contributed by atoms with Crippen LogP contribution in [0.5, 0.6) is 5.75 Å². The monoisotopic (exact) mass is 398 g/mol. The number of alkyl halides is 3. The minimum atomic E-state index is -4.63. The first-order valence-corrected chi connectivity index (χ1v) is 10.8. The first-order chi connectivity index (χ1) is 13.2. The summed E-state index contributed by atoms with van der Waals surface area (Å²) in [7, 11) is 0. The number of hydrogen-bond acceptors (Lipinski definition) is 2. The van der Waals surface area contributed by atoms with E-state index in [1.165, 1.54) is 37.8 Å². The van der Waals surface area contributed by atoms with Gasteiger partial charge in [-0.1, -0.05) is 38.8 Å². The summed E-state index contributed by atoms with van der Waals surface area (Å²) in [5.41, 5.74) is -0.760. The summed E-state index contributed by atoms with van der Waals surface area (Å²) in [6.45, 7) is 3.98. The van der Waals surface area contributed by atoms with Crippen LogP contribution in [0.25, 0.3) is 0 Å². The third kappa shape index (κ3) is 4.50. The molecule has 0 radical (unpaired) electrons. The first kappa shape index (κ1) is 21.5. The van der Waals surface area contributed by atoms with Crippen LogP contribution in [0.15, 0.2) is 12.1 Å². The van der Waals surface area contributed by atoms with Gasteiger partial charge in [-0.05, 0) is 74.2 Å². The molecular formula is C23H33F3O2. The predicted octanol–water partition coefficient (Wildman–Crippen LogP) is 6.95. The maximum atomic E-state index is 13.8. The van der Waals surface area contributed by atoms with E-state index in [0.29, 0.717) is 5.92 Å². The summed E-state index contributed by atoms with van der Waals surface area (Å²) in [4.78, 5) is 0. The van der Waals surface area contributed by atoms with E-state index in [1.54, 1.807) is 6.92 Å². The van der Waals surface area contributed by atoms with Crippen molar-refractivity contribution in [1.82, 2.24) is 0 Å². The topological polar surface area (TPSA) is 40.5 Å². The minimum absolute atomic E-state index is 0.0245. The standard InChI is InChI=1S/C23H33F3O2/c1-3-20(27)19-13-12-18(21(22(19)28)23(24,25)26)17-10-8-16(9-11-17)15-6-4-14(2)5-7-15/h12-17,20,27-28H,3-11H2,1-2H3. The maximum Gasteiger partial charge on any atom is 0.420 e. The van der Waals surface area contributed by atoms with Gasteiger partial charge in [0.15, 0.2) is 0 Å². The Morgan fingerprint density at radius 1 is 0.964 bits per heavy atom. The average Bonchev–Trinajstić information content (AvgIpc) is 2.67. The average molecular weight is 399 g/mol. The molecule has 0 bridgehead atoms. The molecule has 0 amide bonds. The minimum Gasteiger partial charge on any atom is -0.507 e. The summed E-state index contributed by atoms with van der Waals surface area (Å²) in [5.74, 6) is 1.21. The van der Waals surface area contributed by atoms with Gasteiger partial charge in [-0.25, -0.2) is 0 Å². The second-order valence-corrected chi connectivity index (χ2v) is 9.02. The molecule has 0 heterocycles. The molecule has 0 saturated heterocycles. The van der Waals surface area contributed by atoms with Gasteiger partial charge in [0, 0.05) is 5.56 Å². The molecule has 0 aromatic heterocycles. The zero-order valence-electron chi connectivity index (χ0n) is 16.9. The molecule has 0 aliphatic heterocycles. The van der Waals surface area contributed by atoms with Gasteiger partial charge in [-0.15, -0.1) is 0 Å². The largest absolute Gasteiger partial charge is 0.507 e. The molecule has 1 aromatic rings. The van der Waals surface area contributed by atoms with Crippen molar-refractivity contribution in [1.29, 1.82) is 0 Å². The molecule has 5 heteroatoms. The predicted molar refractivity (Wildman–Crippen MR) is 104 cm³/mol. The highest BCUT2D eigenvalue weighted by molar-refractivity contribution is 5.49. The molecule has 2 aliphatic carbocycles. The van der Waals surface area contributed by atoms with Crippen LogP contribution >= 0.6 is 0 Å². The summed E-state index contributed by atoms with van der Waals surface area (Å²) >= 11 is 0. The Morgan fingerprint density at radius 2 is 1.50 bits per heavy atom. The normalized spacial score (nSPS) is 30.2. The van der Waals surface area contributed by atoms with E-state index in [2.05, 4.69) is 6.92 Å². The van der Waals surface area contributed by atoms with Gasteiger partial charge in [0.2, 0.25) is 0 Å². The van der Waals surface area contributed by atoms with Gasteiger partial charge in [0.25, 0.3) is 0 Å². The van der Waals surface area contributed by atoms with E-state index in [1.807, 2.05) is 0 Å². The lowest BCUT2D eigenvalue weighted by atomic mass is 9.68.